The SMILES string of the molecule is O=C(NC(Cc1c[nH]c2ccccc12)C(=O)NCCc1ccccc1)OCc1cnc[nH]1. The van der Waals surface area contributed by atoms with Crippen molar-refractivity contribution in [3.63, 3.8) is 0 Å². The van der Waals surface area contributed by atoms with Gasteiger partial charge in [-0.05, 0) is 23.6 Å². The van der Waals surface area contributed by atoms with Crippen molar-refractivity contribution in [3.8, 4) is 0 Å². The minimum Gasteiger partial charge on any atom is -0.443 e. The van der Waals surface area contributed by atoms with Crippen LogP contribution in [0.25, 0.3) is 10.9 Å². The fourth-order valence-corrected chi connectivity index (χ4v) is 3.52. The number of rotatable bonds is 9. The largest absolute Gasteiger partial charge is 0.443 e. The minimum atomic E-state index is -0.778. The Hall–Kier alpha value is -4.07. The summed E-state index contributed by atoms with van der Waals surface area (Å²) < 4.78 is 5.24. The zero-order valence-corrected chi connectivity index (χ0v) is 17.5. The van der Waals surface area contributed by atoms with Crippen molar-refractivity contribution in [2.75, 3.05) is 6.54 Å². The van der Waals surface area contributed by atoms with Gasteiger partial charge in [0.1, 0.15) is 12.6 Å². The standard InChI is InChI=1S/C24H25N5O3/c30-23(26-11-10-17-6-2-1-3-7-17)22(29-24(31)32-15-19-14-25-16-28-19)12-18-13-27-21-9-5-4-8-20(18)21/h1-9,13-14,16,22,27H,10-12,15H2,(H,25,28)(H,26,30)(H,29,31). The number of imidazole rings is 1. The molecule has 0 radical (unpaired) electrons. The number of ether oxygens (including phenoxy) is 1. The second-order valence-electron chi connectivity index (χ2n) is 7.44. The lowest BCUT2D eigenvalue weighted by molar-refractivity contribution is -0.123. The van der Waals surface area contributed by atoms with Crippen molar-refractivity contribution in [1.29, 1.82) is 0 Å². The van der Waals surface area contributed by atoms with Crippen LogP contribution in [0.1, 0.15) is 16.8 Å². The van der Waals surface area contributed by atoms with Gasteiger partial charge in [0.25, 0.3) is 0 Å². The van der Waals surface area contributed by atoms with E-state index in [9.17, 15) is 9.59 Å². The Kier molecular flexibility index (Phi) is 6.81. The quantitative estimate of drug-likeness (QED) is 0.326. The highest BCUT2D eigenvalue weighted by atomic mass is 16.5. The Labute approximate surface area is 185 Å². The molecule has 0 aliphatic carbocycles. The highest BCUT2D eigenvalue weighted by Crippen LogP contribution is 2.19. The molecule has 4 rings (SSSR count). The van der Waals surface area contributed by atoms with E-state index in [1.165, 1.54) is 6.33 Å². The molecule has 4 N–H and O–H groups in total. The number of aromatic nitrogens is 3. The molecule has 2 aromatic heterocycles. The molecule has 32 heavy (non-hydrogen) atoms. The van der Waals surface area contributed by atoms with Crippen molar-refractivity contribution in [2.45, 2.75) is 25.5 Å². The van der Waals surface area contributed by atoms with Gasteiger partial charge in [0.05, 0.1) is 18.2 Å². The maximum absolute atomic E-state index is 13.0. The molecule has 0 spiro atoms. The second-order valence-corrected chi connectivity index (χ2v) is 7.44. The third-order valence-electron chi connectivity index (χ3n) is 5.18. The monoisotopic (exact) mass is 431 g/mol. The molecule has 0 aliphatic heterocycles. The number of carbonyl (C=O) groups excluding carboxylic acids is 2. The summed E-state index contributed by atoms with van der Waals surface area (Å²) in [6.07, 6.45) is 5.33. The van der Waals surface area contributed by atoms with E-state index >= 15 is 0 Å². The van der Waals surface area contributed by atoms with Gasteiger partial charge in [-0.25, -0.2) is 9.78 Å². The highest BCUT2D eigenvalue weighted by molar-refractivity contribution is 5.88. The number of alkyl carbamates (subject to hydrolysis) is 1. The van der Waals surface area contributed by atoms with E-state index in [0.717, 1.165) is 22.0 Å². The topological polar surface area (TPSA) is 112 Å². The molecule has 0 saturated carbocycles. The second kappa shape index (κ2) is 10.3. The summed E-state index contributed by atoms with van der Waals surface area (Å²) in [7, 11) is 0. The predicted molar refractivity (Wildman–Crippen MR) is 121 cm³/mol. The Morgan fingerprint density at radius 3 is 2.66 bits per heavy atom. The number of aromatic amines is 2. The first-order valence-corrected chi connectivity index (χ1v) is 10.5. The number of H-pyrrole nitrogens is 2. The van der Waals surface area contributed by atoms with Crippen LogP contribution in [-0.4, -0.2) is 39.5 Å². The van der Waals surface area contributed by atoms with Gasteiger partial charge < -0.3 is 25.3 Å². The molecule has 0 bridgehead atoms. The molecule has 8 nitrogen and oxygen atoms in total. The number of benzene rings is 2. The zero-order chi connectivity index (χ0) is 22.2. The van der Waals surface area contributed by atoms with Gasteiger partial charge in [-0.2, -0.15) is 0 Å². The lowest BCUT2D eigenvalue weighted by Gasteiger charge is -2.18. The number of hydrogen-bond donors (Lipinski definition) is 4. The molecule has 0 fully saturated rings. The molecule has 2 heterocycles. The Morgan fingerprint density at radius 2 is 1.84 bits per heavy atom. The van der Waals surface area contributed by atoms with Crippen LogP contribution in [0, 0.1) is 0 Å². The number of amides is 2. The number of para-hydroxylation sites is 1. The van der Waals surface area contributed by atoms with Gasteiger partial charge in [-0.15, -0.1) is 0 Å². The normalized spacial score (nSPS) is 11.8. The van der Waals surface area contributed by atoms with Crippen molar-refractivity contribution >= 4 is 22.9 Å². The molecule has 4 aromatic rings. The number of hydrogen-bond acceptors (Lipinski definition) is 4. The summed E-state index contributed by atoms with van der Waals surface area (Å²) in [5.41, 5.74) is 3.72. The zero-order valence-electron chi connectivity index (χ0n) is 17.5. The average molecular weight is 431 g/mol. The molecule has 164 valence electrons. The van der Waals surface area contributed by atoms with E-state index < -0.39 is 12.1 Å². The first kappa shape index (κ1) is 21.2. The lowest BCUT2D eigenvalue weighted by atomic mass is 10.0. The highest BCUT2D eigenvalue weighted by Gasteiger charge is 2.23. The Bertz CT molecular complexity index is 1150. The summed E-state index contributed by atoms with van der Waals surface area (Å²) in [4.78, 5) is 35.3. The van der Waals surface area contributed by atoms with Crippen LogP contribution in [0.4, 0.5) is 4.79 Å². The first-order chi connectivity index (χ1) is 15.7. The Balaban J connectivity index is 1.41. The summed E-state index contributed by atoms with van der Waals surface area (Å²) in [5, 5.41) is 6.66. The number of nitrogens with zero attached hydrogens (tertiary/aromatic N) is 1. The van der Waals surface area contributed by atoms with E-state index in [2.05, 4.69) is 25.6 Å². The number of carbonyl (C=O) groups is 2. The molecule has 2 amide bonds. The summed E-state index contributed by atoms with van der Waals surface area (Å²) in [6.45, 7) is 0.513. The molecular formula is C24H25N5O3. The minimum absolute atomic E-state index is 0.0429. The average Bonchev–Trinajstić information content (AvgIpc) is 3.48. The van der Waals surface area contributed by atoms with Crippen molar-refractivity contribution in [3.05, 3.63) is 90.1 Å². The summed E-state index contributed by atoms with van der Waals surface area (Å²) in [6, 6.07) is 17.0. The number of fused-ring (bicyclic) bond motifs is 1. The summed E-state index contributed by atoms with van der Waals surface area (Å²) >= 11 is 0. The first-order valence-electron chi connectivity index (χ1n) is 10.5. The summed E-state index contributed by atoms with van der Waals surface area (Å²) in [5.74, 6) is -0.260. The van der Waals surface area contributed by atoms with Gasteiger partial charge >= 0.3 is 6.09 Å². The van der Waals surface area contributed by atoms with Crippen molar-refractivity contribution < 1.29 is 14.3 Å². The van der Waals surface area contributed by atoms with E-state index in [1.807, 2.05) is 60.8 Å². The molecule has 1 unspecified atom stereocenters. The van der Waals surface area contributed by atoms with E-state index in [4.69, 9.17) is 4.74 Å². The van der Waals surface area contributed by atoms with Crippen molar-refractivity contribution in [2.24, 2.45) is 0 Å². The molecule has 0 saturated heterocycles. The molecular weight excluding hydrogens is 406 g/mol. The van der Waals surface area contributed by atoms with Crippen LogP contribution in [-0.2, 0) is 29.0 Å². The predicted octanol–water partition coefficient (Wildman–Crippen LogP) is 3.09. The van der Waals surface area contributed by atoms with Crippen LogP contribution in [0.3, 0.4) is 0 Å². The molecule has 8 heteroatoms. The van der Waals surface area contributed by atoms with Crippen LogP contribution in [0.5, 0.6) is 0 Å². The third kappa shape index (κ3) is 5.54. The van der Waals surface area contributed by atoms with Crippen molar-refractivity contribution in [1.82, 2.24) is 25.6 Å². The maximum Gasteiger partial charge on any atom is 0.408 e. The van der Waals surface area contributed by atoms with E-state index in [1.54, 1.807) is 6.20 Å². The van der Waals surface area contributed by atoms with Gasteiger partial charge in [0, 0.05) is 30.1 Å². The fraction of sp³-hybridized carbons (Fsp3) is 0.208. The van der Waals surface area contributed by atoms with Gasteiger partial charge in [-0.3, -0.25) is 4.79 Å². The van der Waals surface area contributed by atoms with Crippen LogP contribution in [0.2, 0.25) is 0 Å². The maximum atomic E-state index is 13.0. The number of nitrogens with one attached hydrogen (secondary N) is 4. The third-order valence-corrected chi connectivity index (χ3v) is 5.18. The van der Waals surface area contributed by atoms with Gasteiger partial charge in [0.2, 0.25) is 5.91 Å². The van der Waals surface area contributed by atoms with Crippen LogP contribution >= 0.6 is 0 Å². The lowest BCUT2D eigenvalue weighted by Crippen LogP contribution is -2.48. The molecule has 2 aromatic carbocycles. The van der Waals surface area contributed by atoms with Gasteiger partial charge in [0.15, 0.2) is 0 Å². The van der Waals surface area contributed by atoms with Crippen LogP contribution in [0.15, 0.2) is 73.3 Å². The van der Waals surface area contributed by atoms with E-state index in [0.29, 0.717) is 25.1 Å². The van der Waals surface area contributed by atoms with Gasteiger partial charge in [-0.1, -0.05) is 48.5 Å². The smallest absolute Gasteiger partial charge is 0.408 e. The Morgan fingerprint density at radius 1 is 1.03 bits per heavy atom. The molecule has 0 aliphatic rings. The fourth-order valence-electron chi connectivity index (χ4n) is 3.52. The molecule has 1 atom stereocenters. The van der Waals surface area contributed by atoms with E-state index in [-0.39, 0.29) is 12.5 Å². The van der Waals surface area contributed by atoms with Crippen LogP contribution < -0.4 is 10.6 Å².